The van der Waals surface area contributed by atoms with Crippen LogP contribution in [0.2, 0.25) is 5.02 Å². The van der Waals surface area contributed by atoms with Crippen molar-refractivity contribution in [3.63, 3.8) is 0 Å². The summed E-state index contributed by atoms with van der Waals surface area (Å²) >= 11 is 11.0. The SMILES string of the molecule is Cc1cccc(Cl)c1-c1noc(C2CC2)c1COC1CCC(O)(c2nc3ccc(Br)c(F)c3s2)CC1. The van der Waals surface area contributed by atoms with E-state index >= 15 is 0 Å². The molecule has 1 N–H and O–H groups in total. The Balaban J connectivity index is 1.18. The Labute approximate surface area is 225 Å². The van der Waals surface area contributed by atoms with Gasteiger partial charge in [-0.2, -0.15) is 0 Å². The molecular formula is C27H25BrClFN2O3S. The molecule has 188 valence electrons. The summed E-state index contributed by atoms with van der Waals surface area (Å²) in [6, 6.07) is 9.24. The van der Waals surface area contributed by atoms with Crippen molar-refractivity contribution in [1.29, 1.82) is 0 Å². The zero-order chi connectivity index (χ0) is 25.0. The van der Waals surface area contributed by atoms with Crippen LogP contribution in [0.15, 0.2) is 39.3 Å². The number of nitrogens with zero attached hydrogens (tertiary/aromatic N) is 2. The number of fused-ring (bicyclic) bond motifs is 1. The van der Waals surface area contributed by atoms with Gasteiger partial charge in [0.1, 0.15) is 22.1 Å². The van der Waals surface area contributed by atoms with E-state index in [1.54, 1.807) is 12.1 Å². The fourth-order valence-electron chi connectivity index (χ4n) is 5.04. The Hall–Kier alpha value is -1.84. The lowest BCUT2D eigenvalue weighted by molar-refractivity contribution is -0.0640. The summed E-state index contributed by atoms with van der Waals surface area (Å²) in [5, 5.41) is 17.0. The van der Waals surface area contributed by atoms with Gasteiger partial charge in [0.05, 0.1) is 32.4 Å². The van der Waals surface area contributed by atoms with Crippen LogP contribution in [0.25, 0.3) is 21.5 Å². The molecule has 2 aliphatic rings. The zero-order valence-electron chi connectivity index (χ0n) is 19.7. The van der Waals surface area contributed by atoms with Gasteiger partial charge in [0.2, 0.25) is 0 Å². The Kier molecular flexibility index (Phi) is 6.45. The molecule has 2 fully saturated rings. The first kappa shape index (κ1) is 24.5. The fourth-order valence-corrected chi connectivity index (χ4v) is 6.96. The van der Waals surface area contributed by atoms with Crippen LogP contribution in [-0.4, -0.2) is 21.4 Å². The summed E-state index contributed by atoms with van der Waals surface area (Å²) in [7, 11) is 0. The standard InChI is InChI=1S/C27H25BrClFN2O3S/c1-14-3-2-4-19(29)21(14)23-17(24(35-32-23)15-5-6-15)13-34-16-9-11-27(33,12-10-16)26-31-20-8-7-18(28)22(30)25(20)36-26/h2-4,7-8,15-16,33H,5-6,9-13H2,1H3. The van der Waals surface area contributed by atoms with E-state index in [0.29, 0.717) is 62.9 Å². The fraction of sp³-hybridized carbons (Fsp3) is 0.407. The minimum absolute atomic E-state index is 0.00678. The molecule has 5 nitrogen and oxygen atoms in total. The summed E-state index contributed by atoms with van der Waals surface area (Å²) in [6.07, 6.45) is 4.57. The second kappa shape index (κ2) is 9.48. The Bertz CT molecular complexity index is 1420. The summed E-state index contributed by atoms with van der Waals surface area (Å²) in [4.78, 5) is 4.56. The molecular weight excluding hydrogens is 567 g/mol. The van der Waals surface area contributed by atoms with E-state index in [0.717, 1.165) is 41.0 Å². The summed E-state index contributed by atoms with van der Waals surface area (Å²) in [6.45, 7) is 2.41. The smallest absolute Gasteiger partial charge is 0.156 e. The van der Waals surface area contributed by atoms with Gasteiger partial charge in [-0.25, -0.2) is 9.37 Å². The highest BCUT2D eigenvalue weighted by atomic mass is 79.9. The highest BCUT2D eigenvalue weighted by Crippen LogP contribution is 2.46. The van der Waals surface area contributed by atoms with Gasteiger partial charge in [0, 0.05) is 17.0 Å². The number of aromatic nitrogens is 2. The first-order valence-corrected chi connectivity index (χ1v) is 14.2. The van der Waals surface area contributed by atoms with E-state index < -0.39 is 5.60 Å². The second-order valence-corrected chi connectivity index (χ2v) is 12.1. The third-order valence-electron chi connectivity index (χ3n) is 7.30. The number of rotatable bonds is 6. The molecule has 4 aromatic rings. The second-order valence-electron chi connectivity index (χ2n) is 9.85. The van der Waals surface area contributed by atoms with Gasteiger partial charge in [-0.3, -0.25) is 0 Å². The minimum Gasteiger partial charge on any atom is -0.383 e. The van der Waals surface area contributed by atoms with E-state index in [1.807, 2.05) is 25.1 Å². The molecule has 2 aromatic heterocycles. The van der Waals surface area contributed by atoms with Gasteiger partial charge in [-0.15, -0.1) is 11.3 Å². The Morgan fingerprint density at radius 3 is 2.72 bits per heavy atom. The summed E-state index contributed by atoms with van der Waals surface area (Å²) in [5.74, 6) is 0.962. The zero-order valence-corrected chi connectivity index (χ0v) is 22.8. The van der Waals surface area contributed by atoms with Crippen LogP contribution < -0.4 is 0 Å². The largest absolute Gasteiger partial charge is 0.383 e. The molecule has 2 saturated carbocycles. The van der Waals surface area contributed by atoms with Crippen molar-refractivity contribution in [2.75, 3.05) is 0 Å². The lowest BCUT2D eigenvalue weighted by Gasteiger charge is -2.34. The Morgan fingerprint density at radius 2 is 2.00 bits per heavy atom. The van der Waals surface area contributed by atoms with E-state index in [-0.39, 0.29) is 11.9 Å². The summed E-state index contributed by atoms with van der Waals surface area (Å²) < 4.78 is 27.5. The highest BCUT2D eigenvalue weighted by Gasteiger charge is 2.39. The predicted molar refractivity (Wildman–Crippen MR) is 142 cm³/mol. The molecule has 9 heteroatoms. The third kappa shape index (κ3) is 4.41. The molecule has 0 bridgehead atoms. The van der Waals surface area contributed by atoms with Crippen LogP contribution in [0.1, 0.15) is 66.3 Å². The van der Waals surface area contributed by atoms with E-state index in [1.165, 1.54) is 11.3 Å². The Morgan fingerprint density at radius 1 is 1.22 bits per heavy atom. The maximum absolute atomic E-state index is 14.5. The number of halogens is 3. The number of ether oxygens (including phenoxy) is 1. The number of hydrogen-bond acceptors (Lipinski definition) is 6. The van der Waals surface area contributed by atoms with Gasteiger partial charge >= 0.3 is 0 Å². The van der Waals surface area contributed by atoms with E-state index in [2.05, 4.69) is 26.1 Å². The molecule has 2 aliphatic carbocycles. The lowest BCUT2D eigenvalue weighted by atomic mass is 9.83. The van der Waals surface area contributed by atoms with Crippen LogP contribution in [0.4, 0.5) is 4.39 Å². The molecule has 2 aromatic carbocycles. The first-order valence-electron chi connectivity index (χ1n) is 12.2. The molecule has 6 rings (SSSR count). The molecule has 0 spiro atoms. The monoisotopic (exact) mass is 590 g/mol. The van der Waals surface area contributed by atoms with Crippen LogP contribution in [-0.2, 0) is 16.9 Å². The van der Waals surface area contributed by atoms with Crippen molar-refractivity contribution in [1.82, 2.24) is 10.1 Å². The normalized spacial score (nSPS) is 22.4. The summed E-state index contributed by atoms with van der Waals surface area (Å²) in [5.41, 5.74) is 3.17. The maximum Gasteiger partial charge on any atom is 0.156 e. The van der Waals surface area contributed by atoms with Crippen LogP contribution in [0, 0.1) is 12.7 Å². The van der Waals surface area contributed by atoms with Gasteiger partial charge in [0.15, 0.2) is 5.82 Å². The maximum atomic E-state index is 14.5. The van der Waals surface area contributed by atoms with Gasteiger partial charge in [-0.05, 0) is 85.1 Å². The van der Waals surface area contributed by atoms with Crippen molar-refractivity contribution in [3.05, 3.63) is 67.5 Å². The highest BCUT2D eigenvalue weighted by molar-refractivity contribution is 9.10. The van der Waals surface area contributed by atoms with Gasteiger partial charge < -0.3 is 14.4 Å². The van der Waals surface area contributed by atoms with E-state index in [4.69, 9.17) is 20.9 Å². The number of thiazole rings is 1. The molecule has 2 heterocycles. The first-order chi connectivity index (χ1) is 17.3. The molecule has 0 saturated heterocycles. The van der Waals surface area contributed by atoms with Crippen molar-refractivity contribution >= 4 is 49.1 Å². The average molecular weight is 592 g/mol. The van der Waals surface area contributed by atoms with Crippen molar-refractivity contribution in [2.24, 2.45) is 0 Å². The predicted octanol–water partition coefficient (Wildman–Crippen LogP) is 8.04. The number of aliphatic hydroxyl groups is 1. The molecule has 0 radical (unpaired) electrons. The van der Waals surface area contributed by atoms with Crippen LogP contribution in [0.3, 0.4) is 0 Å². The molecule has 36 heavy (non-hydrogen) atoms. The number of benzene rings is 2. The van der Waals surface area contributed by atoms with Crippen molar-refractivity contribution < 1.29 is 18.8 Å². The minimum atomic E-state index is -1.07. The average Bonchev–Trinajstić information content (AvgIpc) is 3.46. The van der Waals surface area contributed by atoms with Gasteiger partial charge in [-0.1, -0.05) is 28.9 Å². The number of hydrogen-bond donors (Lipinski definition) is 1. The molecule has 0 amide bonds. The van der Waals surface area contributed by atoms with Crippen LogP contribution >= 0.6 is 38.9 Å². The van der Waals surface area contributed by atoms with E-state index in [9.17, 15) is 9.50 Å². The van der Waals surface area contributed by atoms with Crippen LogP contribution in [0.5, 0.6) is 0 Å². The molecule has 0 atom stereocenters. The van der Waals surface area contributed by atoms with Crippen molar-refractivity contribution in [2.45, 2.75) is 69.7 Å². The quantitative estimate of drug-likeness (QED) is 0.246. The molecule has 0 aliphatic heterocycles. The van der Waals surface area contributed by atoms with Crippen molar-refractivity contribution in [3.8, 4) is 11.3 Å². The number of aryl methyl sites for hydroxylation is 1. The third-order valence-corrected chi connectivity index (χ3v) is 9.48. The lowest BCUT2D eigenvalue weighted by Crippen LogP contribution is -2.34. The molecule has 0 unspecified atom stereocenters. The van der Waals surface area contributed by atoms with Gasteiger partial charge in [0.25, 0.3) is 0 Å². The topological polar surface area (TPSA) is 68.4 Å².